The lowest BCUT2D eigenvalue weighted by Gasteiger charge is -2.13. The van der Waals surface area contributed by atoms with E-state index >= 15 is 0 Å². The second-order valence-electron chi connectivity index (χ2n) is 2.69. The van der Waals surface area contributed by atoms with Crippen molar-refractivity contribution >= 4 is 0 Å². The van der Waals surface area contributed by atoms with Gasteiger partial charge in [-0.05, 0) is 25.2 Å². The summed E-state index contributed by atoms with van der Waals surface area (Å²) in [6, 6.07) is 0. The van der Waals surface area contributed by atoms with Gasteiger partial charge in [-0.1, -0.05) is 19.1 Å². The summed E-state index contributed by atoms with van der Waals surface area (Å²) in [5, 5.41) is 0. The summed E-state index contributed by atoms with van der Waals surface area (Å²) in [6.45, 7) is 6.19. The molecule has 0 amide bonds. The van der Waals surface area contributed by atoms with Gasteiger partial charge in [0.05, 0.1) is 0 Å². The van der Waals surface area contributed by atoms with E-state index in [0.717, 1.165) is 12.8 Å². The largest absolute Gasteiger partial charge is 0.0880 e. The van der Waals surface area contributed by atoms with Gasteiger partial charge in [0.25, 0.3) is 0 Å². The summed E-state index contributed by atoms with van der Waals surface area (Å²) in [6.07, 6.45) is 6.72. The monoisotopic (exact) mass is 95.1 g/mol. The average molecular weight is 95.2 g/mol. The molecule has 1 rings (SSSR count). The SMILES string of the molecule is [CH2]C1(C)CC=CC1. The van der Waals surface area contributed by atoms with Crippen LogP contribution in [0.2, 0.25) is 0 Å². The molecule has 0 fully saturated rings. The van der Waals surface area contributed by atoms with Gasteiger partial charge >= 0.3 is 0 Å². The predicted octanol–water partition coefficient (Wildman–Crippen LogP) is 2.18. The zero-order valence-electron chi connectivity index (χ0n) is 4.78. The van der Waals surface area contributed by atoms with E-state index in [9.17, 15) is 0 Å². The minimum atomic E-state index is 0.333. The van der Waals surface area contributed by atoms with Crippen molar-refractivity contribution in [3.8, 4) is 0 Å². The molecule has 0 bridgehead atoms. The molecule has 0 aliphatic heterocycles. The van der Waals surface area contributed by atoms with Gasteiger partial charge in [-0.15, -0.1) is 0 Å². The molecule has 1 aliphatic carbocycles. The third kappa shape index (κ3) is 1.05. The highest BCUT2D eigenvalue weighted by molar-refractivity contribution is 5.01. The van der Waals surface area contributed by atoms with Crippen LogP contribution in [0.4, 0.5) is 0 Å². The molecule has 0 atom stereocenters. The fraction of sp³-hybridized carbons (Fsp3) is 0.571. The Hall–Kier alpha value is -0.260. The smallest absolute Gasteiger partial charge is 0.0257 e. The fourth-order valence-corrected chi connectivity index (χ4v) is 0.819. The summed E-state index contributed by atoms with van der Waals surface area (Å²) >= 11 is 0. The maximum Gasteiger partial charge on any atom is -0.0257 e. The van der Waals surface area contributed by atoms with E-state index in [1.54, 1.807) is 0 Å². The third-order valence-electron chi connectivity index (χ3n) is 1.39. The highest BCUT2D eigenvalue weighted by atomic mass is 14.2. The summed E-state index contributed by atoms with van der Waals surface area (Å²) in [4.78, 5) is 0. The van der Waals surface area contributed by atoms with E-state index in [0.29, 0.717) is 5.41 Å². The molecule has 0 heteroatoms. The third-order valence-corrected chi connectivity index (χ3v) is 1.39. The van der Waals surface area contributed by atoms with E-state index in [2.05, 4.69) is 26.0 Å². The standard InChI is InChI=1S/C7H11/c1-7(2)5-3-4-6-7/h3-4H,1,5-6H2,2H3. The van der Waals surface area contributed by atoms with Gasteiger partial charge < -0.3 is 0 Å². The van der Waals surface area contributed by atoms with Crippen LogP contribution in [0.1, 0.15) is 19.8 Å². The van der Waals surface area contributed by atoms with Crippen molar-refractivity contribution in [1.82, 2.24) is 0 Å². The van der Waals surface area contributed by atoms with Gasteiger partial charge in [0, 0.05) is 0 Å². The number of allylic oxidation sites excluding steroid dienone is 2. The van der Waals surface area contributed by atoms with E-state index in [1.165, 1.54) is 0 Å². The van der Waals surface area contributed by atoms with Crippen molar-refractivity contribution in [2.75, 3.05) is 0 Å². The molecule has 0 N–H and O–H groups in total. The maximum absolute atomic E-state index is 4.01. The van der Waals surface area contributed by atoms with Crippen molar-refractivity contribution in [3.63, 3.8) is 0 Å². The van der Waals surface area contributed by atoms with Gasteiger partial charge in [-0.3, -0.25) is 0 Å². The first kappa shape index (κ1) is 4.89. The fourth-order valence-electron chi connectivity index (χ4n) is 0.819. The molecule has 1 radical (unpaired) electrons. The Bertz CT molecular complexity index is 78.2. The van der Waals surface area contributed by atoms with Crippen molar-refractivity contribution < 1.29 is 0 Å². The molecule has 0 nitrogen and oxygen atoms in total. The molecular formula is C7H11. The van der Waals surface area contributed by atoms with Gasteiger partial charge in [0.15, 0.2) is 0 Å². The Morgan fingerprint density at radius 3 is 2.00 bits per heavy atom. The molecule has 1 aliphatic rings. The molecule has 0 saturated heterocycles. The quantitative estimate of drug-likeness (QED) is 0.404. The molecule has 7 heavy (non-hydrogen) atoms. The van der Waals surface area contributed by atoms with Crippen molar-refractivity contribution in [2.24, 2.45) is 5.41 Å². The van der Waals surface area contributed by atoms with Crippen LogP contribution in [-0.2, 0) is 0 Å². The molecule has 0 aromatic heterocycles. The molecule has 0 saturated carbocycles. The van der Waals surface area contributed by atoms with Crippen LogP contribution in [0.25, 0.3) is 0 Å². The Morgan fingerprint density at radius 2 is 1.86 bits per heavy atom. The molecule has 0 unspecified atom stereocenters. The van der Waals surface area contributed by atoms with Gasteiger partial charge in [-0.25, -0.2) is 0 Å². The Morgan fingerprint density at radius 1 is 1.43 bits per heavy atom. The first-order valence-electron chi connectivity index (χ1n) is 2.71. The summed E-state index contributed by atoms with van der Waals surface area (Å²) in [5.74, 6) is 0. The number of rotatable bonds is 0. The van der Waals surface area contributed by atoms with Crippen molar-refractivity contribution in [1.29, 1.82) is 0 Å². The van der Waals surface area contributed by atoms with Crippen LogP contribution in [-0.4, -0.2) is 0 Å². The van der Waals surface area contributed by atoms with E-state index < -0.39 is 0 Å². The zero-order chi connectivity index (χ0) is 5.33. The van der Waals surface area contributed by atoms with Crippen LogP contribution >= 0.6 is 0 Å². The molecule has 0 heterocycles. The van der Waals surface area contributed by atoms with Crippen molar-refractivity contribution in [2.45, 2.75) is 19.8 Å². The minimum Gasteiger partial charge on any atom is -0.0880 e. The first-order chi connectivity index (χ1) is 3.21. The highest BCUT2D eigenvalue weighted by Gasteiger charge is 2.17. The zero-order valence-corrected chi connectivity index (χ0v) is 4.78. The second-order valence-corrected chi connectivity index (χ2v) is 2.69. The highest BCUT2D eigenvalue weighted by Crippen LogP contribution is 2.30. The Kier molecular flexibility index (Phi) is 0.949. The van der Waals surface area contributed by atoms with Crippen LogP contribution in [0.15, 0.2) is 12.2 Å². The lowest BCUT2D eigenvalue weighted by Crippen LogP contribution is -2.03. The Balaban J connectivity index is 2.49. The molecule has 0 aromatic carbocycles. The van der Waals surface area contributed by atoms with E-state index in [4.69, 9.17) is 0 Å². The first-order valence-corrected chi connectivity index (χ1v) is 2.71. The lowest BCUT2D eigenvalue weighted by atomic mass is 9.91. The predicted molar refractivity (Wildman–Crippen MR) is 31.8 cm³/mol. The number of hydrogen-bond donors (Lipinski definition) is 0. The summed E-state index contributed by atoms with van der Waals surface area (Å²) < 4.78 is 0. The molecular weight excluding hydrogens is 84.1 g/mol. The van der Waals surface area contributed by atoms with Gasteiger partial charge in [-0.2, -0.15) is 0 Å². The average Bonchev–Trinajstić information content (AvgIpc) is 1.84. The lowest BCUT2D eigenvalue weighted by molar-refractivity contribution is 0.461. The van der Waals surface area contributed by atoms with Crippen LogP contribution in [0.3, 0.4) is 0 Å². The van der Waals surface area contributed by atoms with E-state index in [1.807, 2.05) is 0 Å². The Labute approximate surface area is 45.2 Å². The molecule has 39 valence electrons. The van der Waals surface area contributed by atoms with Crippen LogP contribution in [0, 0.1) is 12.3 Å². The second kappa shape index (κ2) is 1.36. The topological polar surface area (TPSA) is 0 Å². The molecule has 0 spiro atoms. The minimum absolute atomic E-state index is 0.333. The molecule has 0 aromatic rings. The number of hydrogen-bond acceptors (Lipinski definition) is 0. The summed E-state index contributed by atoms with van der Waals surface area (Å²) in [5.41, 5.74) is 0.333. The van der Waals surface area contributed by atoms with E-state index in [-0.39, 0.29) is 0 Å². The van der Waals surface area contributed by atoms with Crippen LogP contribution < -0.4 is 0 Å². The summed E-state index contributed by atoms with van der Waals surface area (Å²) in [7, 11) is 0. The van der Waals surface area contributed by atoms with Gasteiger partial charge in [0.1, 0.15) is 0 Å². The normalized spacial score (nSPS) is 26.0. The van der Waals surface area contributed by atoms with Crippen molar-refractivity contribution in [3.05, 3.63) is 19.1 Å². The van der Waals surface area contributed by atoms with Gasteiger partial charge in [0.2, 0.25) is 0 Å². The maximum atomic E-state index is 4.01. The van der Waals surface area contributed by atoms with Crippen LogP contribution in [0.5, 0.6) is 0 Å².